The second kappa shape index (κ2) is 8.78. The van der Waals surface area contributed by atoms with Crippen molar-refractivity contribution < 1.29 is 9.59 Å². The molecule has 0 N–H and O–H groups in total. The predicted molar refractivity (Wildman–Crippen MR) is 114 cm³/mol. The van der Waals surface area contributed by atoms with Crippen LogP contribution in [0.2, 0.25) is 0 Å². The number of hydrogen-bond acceptors (Lipinski definition) is 3. The second-order valence-corrected chi connectivity index (χ2v) is 8.46. The van der Waals surface area contributed by atoms with Gasteiger partial charge in [-0.05, 0) is 24.0 Å². The molecule has 1 fully saturated rings. The molecule has 2 amide bonds. The molecule has 28 heavy (non-hydrogen) atoms. The van der Waals surface area contributed by atoms with Gasteiger partial charge in [-0.2, -0.15) is 0 Å². The molecule has 3 nitrogen and oxygen atoms in total. The molecule has 1 aliphatic heterocycles. The van der Waals surface area contributed by atoms with Crippen LogP contribution in [0, 0.1) is 0 Å². The first-order chi connectivity index (χ1) is 13.8. The Labute approximate surface area is 170 Å². The van der Waals surface area contributed by atoms with E-state index in [0.717, 1.165) is 36.8 Å². The fraction of sp³-hybridized carbons (Fsp3) is 0.333. The highest BCUT2D eigenvalue weighted by atomic mass is 32.2. The van der Waals surface area contributed by atoms with Gasteiger partial charge in [0.2, 0.25) is 0 Å². The van der Waals surface area contributed by atoms with Crippen molar-refractivity contribution in [2.75, 3.05) is 0 Å². The Morgan fingerprint density at radius 1 is 0.786 bits per heavy atom. The quantitative estimate of drug-likeness (QED) is 0.504. The summed E-state index contributed by atoms with van der Waals surface area (Å²) in [6.45, 7) is 0. The molecular formula is C24H25NO2S. The molecule has 2 aromatic carbocycles. The summed E-state index contributed by atoms with van der Waals surface area (Å²) < 4.78 is 0. The summed E-state index contributed by atoms with van der Waals surface area (Å²) in [5, 5.41) is 0. The normalized spacial score (nSPS) is 18.6. The molecule has 0 atom stereocenters. The summed E-state index contributed by atoms with van der Waals surface area (Å²) in [5.41, 5.74) is 2.57. The summed E-state index contributed by atoms with van der Waals surface area (Å²) in [5.74, 6) is 0.472. The van der Waals surface area contributed by atoms with Gasteiger partial charge in [-0.1, -0.05) is 86.3 Å². The van der Waals surface area contributed by atoms with Crippen molar-refractivity contribution in [1.29, 1.82) is 0 Å². The maximum atomic E-state index is 13.4. The number of thioether (sulfide) groups is 1. The Hall–Kier alpha value is -2.33. The number of carbonyl (C=O) groups excluding carboxylic acids is 2. The molecule has 0 saturated heterocycles. The fourth-order valence-electron chi connectivity index (χ4n) is 4.10. The van der Waals surface area contributed by atoms with Crippen molar-refractivity contribution in [2.24, 2.45) is 0 Å². The van der Waals surface area contributed by atoms with E-state index >= 15 is 0 Å². The van der Waals surface area contributed by atoms with Gasteiger partial charge in [-0.15, -0.1) is 11.8 Å². The summed E-state index contributed by atoms with van der Waals surface area (Å²) in [4.78, 5) is 28.9. The van der Waals surface area contributed by atoms with Crippen LogP contribution in [-0.2, 0) is 15.3 Å². The Kier molecular flexibility index (Phi) is 5.96. The summed E-state index contributed by atoms with van der Waals surface area (Å²) in [6, 6.07) is 19.8. The zero-order valence-electron chi connectivity index (χ0n) is 16.0. The van der Waals surface area contributed by atoms with Crippen LogP contribution in [0.1, 0.15) is 49.7 Å². The average Bonchev–Trinajstić information content (AvgIpc) is 2.89. The Morgan fingerprint density at radius 2 is 1.39 bits per heavy atom. The summed E-state index contributed by atoms with van der Waals surface area (Å²) in [6.07, 6.45) is 6.43. The lowest BCUT2D eigenvalue weighted by atomic mass is 10.0. The minimum Gasteiger partial charge on any atom is -0.271 e. The lowest BCUT2D eigenvalue weighted by molar-refractivity contribution is -0.139. The van der Waals surface area contributed by atoms with E-state index in [0.29, 0.717) is 16.2 Å². The highest BCUT2D eigenvalue weighted by Crippen LogP contribution is 2.40. The van der Waals surface area contributed by atoms with Gasteiger partial charge < -0.3 is 0 Å². The number of nitrogens with zero attached hydrogens (tertiary/aromatic N) is 1. The zero-order valence-corrected chi connectivity index (χ0v) is 16.8. The third-order valence-electron chi connectivity index (χ3n) is 5.55. The first-order valence-corrected chi connectivity index (χ1v) is 11.1. The first kappa shape index (κ1) is 19.0. The minimum absolute atomic E-state index is 0.0380. The Bertz CT molecular complexity index is 868. The van der Waals surface area contributed by atoms with Crippen LogP contribution in [0.3, 0.4) is 0 Å². The van der Waals surface area contributed by atoms with Crippen LogP contribution in [0.25, 0.3) is 5.57 Å². The fourth-order valence-corrected chi connectivity index (χ4v) is 5.17. The number of rotatable bonds is 5. The summed E-state index contributed by atoms with van der Waals surface area (Å²) >= 11 is 1.49. The van der Waals surface area contributed by atoms with Gasteiger partial charge >= 0.3 is 0 Å². The molecule has 4 rings (SSSR count). The molecule has 4 heteroatoms. The van der Waals surface area contributed by atoms with Crippen LogP contribution in [0.5, 0.6) is 0 Å². The van der Waals surface area contributed by atoms with E-state index in [2.05, 4.69) is 12.1 Å². The second-order valence-electron chi connectivity index (χ2n) is 7.47. The van der Waals surface area contributed by atoms with Gasteiger partial charge in [-0.25, -0.2) is 0 Å². The molecular weight excluding hydrogens is 366 g/mol. The molecule has 0 radical (unpaired) electrons. The maximum Gasteiger partial charge on any atom is 0.268 e. The largest absolute Gasteiger partial charge is 0.271 e. The van der Waals surface area contributed by atoms with Crippen molar-refractivity contribution in [3.05, 3.63) is 76.7 Å². The third-order valence-corrected chi connectivity index (χ3v) is 6.70. The molecule has 144 valence electrons. The Balaban J connectivity index is 1.65. The monoisotopic (exact) mass is 391 g/mol. The lowest BCUT2D eigenvalue weighted by Gasteiger charge is -2.25. The van der Waals surface area contributed by atoms with Gasteiger partial charge in [0.05, 0.1) is 10.5 Å². The van der Waals surface area contributed by atoms with E-state index < -0.39 is 0 Å². The molecule has 1 aliphatic carbocycles. The predicted octanol–water partition coefficient (Wildman–Crippen LogP) is 5.42. The molecule has 1 saturated carbocycles. The van der Waals surface area contributed by atoms with Crippen LogP contribution in [0.4, 0.5) is 0 Å². The third kappa shape index (κ3) is 3.93. The van der Waals surface area contributed by atoms with Gasteiger partial charge in [0.25, 0.3) is 11.8 Å². The van der Waals surface area contributed by atoms with Crippen LogP contribution < -0.4 is 0 Å². The number of hydrogen-bond donors (Lipinski definition) is 0. The van der Waals surface area contributed by atoms with Crippen molar-refractivity contribution in [2.45, 2.75) is 50.3 Å². The molecule has 0 aromatic heterocycles. The van der Waals surface area contributed by atoms with E-state index in [1.165, 1.54) is 24.6 Å². The van der Waals surface area contributed by atoms with Gasteiger partial charge in [0.1, 0.15) is 0 Å². The average molecular weight is 392 g/mol. The van der Waals surface area contributed by atoms with Crippen molar-refractivity contribution in [3.63, 3.8) is 0 Å². The topological polar surface area (TPSA) is 37.4 Å². The Morgan fingerprint density at radius 3 is 2.04 bits per heavy atom. The molecule has 2 aromatic rings. The maximum absolute atomic E-state index is 13.4. The van der Waals surface area contributed by atoms with E-state index in [4.69, 9.17) is 0 Å². The highest BCUT2D eigenvalue weighted by molar-refractivity contribution is 8.03. The summed E-state index contributed by atoms with van der Waals surface area (Å²) in [7, 11) is 0. The van der Waals surface area contributed by atoms with Crippen LogP contribution in [0.15, 0.2) is 65.6 Å². The standard InChI is InChI=1S/C24H25NO2S/c26-23-21(19-13-7-4-8-14-19)22(28-17-18-11-5-3-6-12-18)24(27)25(23)20-15-9-1-2-10-16-20/h3-8,11-14,20H,1-2,9-10,15-17H2. The van der Waals surface area contributed by atoms with Gasteiger partial charge in [-0.3, -0.25) is 14.5 Å². The van der Waals surface area contributed by atoms with Gasteiger partial charge in [0.15, 0.2) is 0 Å². The van der Waals surface area contributed by atoms with Crippen molar-refractivity contribution in [1.82, 2.24) is 4.90 Å². The molecule has 1 heterocycles. The van der Waals surface area contributed by atoms with E-state index in [1.54, 1.807) is 4.90 Å². The molecule has 0 unspecified atom stereocenters. The van der Waals surface area contributed by atoms with Crippen LogP contribution >= 0.6 is 11.8 Å². The molecule has 0 spiro atoms. The number of imide groups is 1. The lowest BCUT2D eigenvalue weighted by Crippen LogP contribution is -2.40. The van der Waals surface area contributed by atoms with Crippen molar-refractivity contribution >= 4 is 29.1 Å². The molecule has 0 bridgehead atoms. The number of carbonyl (C=O) groups is 2. The number of amides is 2. The number of benzene rings is 2. The van der Waals surface area contributed by atoms with Gasteiger partial charge in [0, 0.05) is 11.8 Å². The van der Waals surface area contributed by atoms with Crippen molar-refractivity contribution in [3.8, 4) is 0 Å². The smallest absolute Gasteiger partial charge is 0.268 e. The SMILES string of the molecule is O=C1C(SCc2ccccc2)=C(c2ccccc2)C(=O)N1C1CCCCCC1. The first-order valence-electron chi connectivity index (χ1n) is 10.1. The minimum atomic E-state index is -0.112. The van der Waals surface area contributed by atoms with Crippen LogP contribution in [-0.4, -0.2) is 22.8 Å². The zero-order chi connectivity index (χ0) is 19.3. The van der Waals surface area contributed by atoms with E-state index in [-0.39, 0.29) is 17.9 Å². The van der Waals surface area contributed by atoms with E-state index in [1.807, 2.05) is 48.5 Å². The highest BCUT2D eigenvalue weighted by Gasteiger charge is 2.42. The molecule has 2 aliphatic rings. The van der Waals surface area contributed by atoms with E-state index in [9.17, 15) is 9.59 Å².